The van der Waals surface area contributed by atoms with Gasteiger partial charge in [0.15, 0.2) is 0 Å². The predicted octanol–water partition coefficient (Wildman–Crippen LogP) is 2.78. The number of aryl methyl sites for hydroxylation is 2. The molecule has 0 saturated heterocycles. The standard InChI is InChI=1S/C23H34N2O4/c1-15(9-10-18(26)23(4,5)29)11-13-24-17-8-6-7-16-19(17)25(21(28)20(24)27)14-12-22(16,2)3/h6-8,15,18,26,29H,9-14H2,1-5H3. The van der Waals surface area contributed by atoms with Gasteiger partial charge in [-0.3, -0.25) is 9.59 Å². The van der Waals surface area contributed by atoms with Crippen LogP contribution >= 0.6 is 0 Å². The molecule has 6 nitrogen and oxygen atoms in total. The van der Waals surface area contributed by atoms with Gasteiger partial charge in [-0.15, -0.1) is 0 Å². The molecule has 1 aliphatic rings. The van der Waals surface area contributed by atoms with Crippen LogP contribution in [0, 0.1) is 5.92 Å². The lowest BCUT2D eigenvalue weighted by Gasteiger charge is -2.33. The largest absolute Gasteiger partial charge is 0.390 e. The second kappa shape index (κ2) is 7.73. The maximum Gasteiger partial charge on any atom is 0.316 e. The first kappa shape index (κ1) is 21.8. The Labute approximate surface area is 171 Å². The summed E-state index contributed by atoms with van der Waals surface area (Å²) < 4.78 is 3.28. The van der Waals surface area contributed by atoms with Crippen molar-refractivity contribution in [2.24, 2.45) is 5.92 Å². The number of aliphatic hydroxyl groups is 2. The van der Waals surface area contributed by atoms with Gasteiger partial charge in [-0.2, -0.15) is 0 Å². The summed E-state index contributed by atoms with van der Waals surface area (Å²) in [5, 5.41) is 19.9. The van der Waals surface area contributed by atoms with Crippen molar-refractivity contribution in [3.63, 3.8) is 0 Å². The first-order chi connectivity index (χ1) is 13.4. The highest BCUT2D eigenvalue weighted by molar-refractivity contribution is 5.80. The van der Waals surface area contributed by atoms with Gasteiger partial charge in [-0.25, -0.2) is 0 Å². The molecule has 0 aliphatic carbocycles. The van der Waals surface area contributed by atoms with Gasteiger partial charge in [-0.05, 0) is 62.5 Å². The quantitative estimate of drug-likeness (QED) is 0.698. The van der Waals surface area contributed by atoms with E-state index in [2.05, 4.69) is 26.8 Å². The Balaban J connectivity index is 1.88. The average molecular weight is 403 g/mol. The van der Waals surface area contributed by atoms with Gasteiger partial charge >= 0.3 is 11.1 Å². The van der Waals surface area contributed by atoms with E-state index in [1.165, 1.54) is 0 Å². The molecule has 0 amide bonds. The van der Waals surface area contributed by atoms with Gasteiger partial charge in [0.05, 0.1) is 22.7 Å². The molecule has 1 aliphatic heterocycles. The lowest BCUT2D eigenvalue weighted by atomic mass is 9.78. The lowest BCUT2D eigenvalue weighted by Crippen LogP contribution is -2.44. The average Bonchev–Trinajstić information content (AvgIpc) is 2.64. The van der Waals surface area contributed by atoms with E-state index in [1.807, 2.05) is 12.1 Å². The highest BCUT2D eigenvalue weighted by Crippen LogP contribution is 2.36. The molecule has 0 fully saturated rings. The Kier molecular flexibility index (Phi) is 5.80. The molecule has 0 saturated carbocycles. The summed E-state index contributed by atoms with van der Waals surface area (Å²) in [5.41, 5.74) is 0.780. The predicted molar refractivity (Wildman–Crippen MR) is 115 cm³/mol. The summed E-state index contributed by atoms with van der Waals surface area (Å²) in [6.07, 6.45) is 2.03. The van der Waals surface area contributed by atoms with Crippen molar-refractivity contribution in [2.75, 3.05) is 0 Å². The molecule has 1 aromatic carbocycles. The minimum atomic E-state index is -1.12. The van der Waals surface area contributed by atoms with Crippen LogP contribution in [0.1, 0.15) is 65.9 Å². The Morgan fingerprint density at radius 1 is 1.14 bits per heavy atom. The third-order valence-electron chi connectivity index (χ3n) is 6.53. The summed E-state index contributed by atoms with van der Waals surface area (Å²) in [4.78, 5) is 25.6. The zero-order chi connectivity index (χ0) is 21.6. The summed E-state index contributed by atoms with van der Waals surface area (Å²) in [6.45, 7) is 10.7. The molecule has 29 heavy (non-hydrogen) atoms. The first-order valence-corrected chi connectivity index (χ1v) is 10.6. The maximum absolute atomic E-state index is 12.8. The zero-order valence-electron chi connectivity index (χ0n) is 18.2. The van der Waals surface area contributed by atoms with Gasteiger partial charge in [0.1, 0.15) is 0 Å². The van der Waals surface area contributed by atoms with Crippen LogP contribution in [0.25, 0.3) is 11.0 Å². The maximum atomic E-state index is 12.8. The van der Waals surface area contributed by atoms with Crippen LogP contribution in [0.5, 0.6) is 0 Å². The van der Waals surface area contributed by atoms with E-state index in [0.29, 0.717) is 19.5 Å². The number of aliphatic hydroxyl groups excluding tert-OH is 1. The van der Waals surface area contributed by atoms with Gasteiger partial charge < -0.3 is 19.3 Å². The van der Waals surface area contributed by atoms with Gasteiger partial charge in [0.2, 0.25) is 0 Å². The van der Waals surface area contributed by atoms with Crippen LogP contribution in [0.2, 0.25) is 0 Å². The molecule has 1 aromatic heterocycles. The number of aromatic nitrogens is 2. The molecule has 2 atom stereocenters. The van der Waals surface area contributed by atoms with Crippen molar-refractivity contribution >= 4 is 11.0 Å². The fourth-order valence-electron chi connectivity index (χ4n) is 4.27. The van der Waals surface area contributed by atoms with Gasteiger partial charge in [0, 0.05) is 13.1 Å². The molecule has 0 bridgehead atoms. The van der Waals surface area contributed by atoms with E-state index < -0.39 is 22.8 Å². The van der Waals surface area contributed by atoms with Crippen molar-refractivity contribution in [3.8, 4) is 0 Å². The molecule has 6 heteroatoms. The smallest absolute Gasteiger partial charge is 0.316 e. The second-order valence-corrected chi connectivity index (χ2v) is 9.86. The minimum absolute atomic E-state index is 0.0330. The van der Waals surface area contributed by atoms with Crippen molar-refractivity contribution < 1.29 is 10.2 Å². The SMILES string of the molecule is CC(CCC(O)C(C)(C)O)CCn1c(=O)c(=O)n2c3c(cccc31)C(C)(C)CC2. The molecule has 2 unspecified atom stereocenters. The minimum Gasteiger partial charge on any atom is -0.390 e. The molecule has 2 heterocycles. The number of nitrogens with zero attached hydrogens (tertiary/aromatic N) is 2. The molecule has 2 aromatic rings. The summed E-state index contributed by atoms with van der Waals surface area (Å²) >= 11 is 0. The molecular weight excluding hydrogens is 368 g/mol. The van der Waals surface area contributed by atoms with Crippen LogP contribution in [0.15, 0.2) is 27.8 Å². The third-order valence-corrected chi connectivity index (χ3v) is 6.53. The lowest BCUT2D eigenvalue weighted by molar-refractivity contribution is -0.0535. The summed E-state index contributed by atoms with van der Waals surface area (Å²) in [6, 6.07) is 5.96. The van der Waals surface area contributed by atoms with Crippen LogP contribution < -0.4 is 11.1 Å². The fourth-order valence-corrected chi connectivity index (χ4v) is 4.27. The highest BCUT2D eigenvalue weighted by atomic mass is 16.3. The fraction of sp³-hybridized carbons (Fsp3) is 0.652. The molecular formula is C23H34N2O4. The van der Waals surface area contributed by atoms with Crippen molar-refractivity contribution in [1.82, 2.24) is 9.13 Å². The van der Waals surface area contributed by atoms with E-state index >= 15 is 0 Å². The van der Waals surface area contributed by atoms with Gasteiger partial charge in [-0.1, -0.05) is 32.9 Å². The number of hydrogen-bond acceptors (Lipinski definition) is 4. The Morgan fingerprint density at radius 2 is 1.83 bits per heavy atom. The Hall–Kier alpha value is -1.92. The molecule has 0 spiro atoms. The van der Waals surface area contributed by atoms with Crippen molar-refractivity contribution in [1.29, 1.82) is 0 Å². The second-order valence-electron chi connectivity index (χ2n) is 9.86. The van der Waals surface area contributed by atoms with Crippen LogP contribution in [-0.2, 0) is 18.5 Å². The van der Waals surface area contributed by atoms with E-state index in [1.54, 1.807) is 23.0 Å². The van der Waals surface area contributed by atoms with Crippen LogP contribution in [0.4, 0.5) is 0 Å². The van der Waals surface area contributed by atoms with Gasteiger partial charge in [0.25, 0.3) is 0 Å². The van der Waals surface area contributed by atoms with Crippen LogP contribution in [0.3, 0.4) is 0 Å². The number of para-hydroxylation sites is 1. The van der Waals surface area contributed by atoms with E-state index in [9.17, 15) is 19.8 Å². The monoisotopic (exact) mass is 402 g/mol. The Morgan fingerprint density at radius 3 is 2.48 bits per heavy atom. The normalized spacial score (nSPS) is 18.0. The first-order valence-electron chi connectivity index (χ1n) is 10.6. The van der Waals surface area contributed by atoms with Crippen molar-refractivity contribution in [2.45, 2.75) is 90.5 Å². The molecule has 0 radical (unpaired) electrons. The molecule has 160 valence electrons. The van der Waals surface area contributed by atoms with E-state index in [-0.39, 0.29) is 11.3 Å². The molecule has 2 N–H and O–H groups in total. The summed E-state index contributed by atoms with van der Waals surface area (Å²) in [7, 11) is 0. The Bertz CT molecular complexity index is 1010. The number of rotatable bonds is 7. The van der Waals surface area contributed by atoms with E-state index in [4.69, 9.17) is 0 Å². The van der Waals surface area contributed by atoms with Crippen LogP contribution in [-0.4, -0.2) is 31.1 Å². The zero-order valence-corrected chi connectivity index (χ0v) is 18.2. The number of hydrogen-bond donors (Lipinski definition) is 2. The number of benzene rings is 1. The van der Waals surface area contributed by atoms with E-state index in [0.717, 1.165) is 35.9 Å². The third kappa shape index (κ3) is 4.19. The molecule has 3 rings (SSSR count). The van der Waals surface area contributed by atoms with Crippen molar-refractivity contribution in [3.05, 3.63) is 44.5 Å². The summed E-state index contributed by atoms with van der Waals surface area (Å²) in [5.74, 6) is 0.254. The topological polar surface area (TPSA) is 84.5 Å². The highest BCUT2D eigenvalue weighted by Gasteiger charge is 2.30.